The predicted octanol–water partition coefficient (Wildman–Crippen LogP) is 6.30. The molecule has 0 aromatic heterocycles. The molecule has 1 aliphatic heterocycles. The first-order valence-corrected chi connectivity index (χ1v) is 12.9. The van der Waals surface area contributed by atoms with E-state index in [1.54, 1.807) is 24.3 Å². The van der Waals surface area contributed by atoms with E-state index >= 15 is 0 Å². The Morgan fingerprint density at radius 1 is 1.06 bits per heavy atom. The number of hydrogen-bond acceptors (Lipinski definition) is 4. The fraction of sp³-hybridized carbons (Fsp3) is 0.174. The van der Waals surface area contributed by atoms with Crippen molar-refractivity contribution in [3.8, 4) is 0 Å². The average molecular weight is 519 g/mol. The summed E-state index contributed by atoms with van der Waals surface area (Å²) in [5.74, 6) is -0.331. The largest absolute Gasteiger partial charge is 0.247 e. The van der Waals surface area contributed by atoms with Gasteiger partial charge in [0.25, 0.3) is 0 Å². The molecule has 0 fully saturated rings. The van der Waals surface area contributed by atoms with Gasteiger partial charge in [0.15, 0.2) is 0 Å². The smallest absolute Gasteiger partial charge is 0.240 e. The number of aliphatic imine (C=N–C) groups is 1. The van der Waals surface area contributed by atoms with Crippen LogP contribution in [0, 0.1) is 5.82 Å². The first-order chi connectivity index (χ1) is 14.9. The molecule has 1 N–H and O–H groups in total. The van der Waals surface area contributed by atoms with Gasteiger partial charge in [-0.3, -0.25) is 0 Å². The molecule has 31 heavy (non-hydrogen) atoms. The highest BCUT2D eigenvalue weighted by atomic mass is 79.9. The molecule has 160 valence electrons. The molecular formula is C23H20BrFN2O2S2. The Labute approximate surface area is 194 Å². The van der Waals surface area contributed by atoms with Crippen molar-refractivity contribution >= 4 is 49.1 Å². The number of nitrogens with zero attached hydrogens (tertiary/aromatic N) is 1. The van der Waals surface area contributed by atoms with Gasteiger partial charge in [-0.2, -0.15) is 0 Å². The van der Waals surface area contributed by atoms with E-state index in [9.17, 15) is 12.8 Å². The van der Waals surface area contributed by atoms with Gasteiger partial charge in [0.2, 0.25) is 10.0 Å². The lowest BCUT2D eigenvalue weighted by Crippen LogP contribution is -2.24. The van der Waals surface area contributed by atoms with Crippen molar-refractivity contribution in [3.63, 3.8) is 0 Å². The van der Waals surface area contributed by atoms with Crippen molar-refractivity contribution in [1.29, 1.82) is 0 Å². The maximum absolute atomic E-state index is 14.0. The van der Waals surface area contributed by atoms with Crippen molar-refractivity contribution in [2.24, 2.45) is 4.99 Å². The Balaban J connectivity index is 1.86. The highest BCUT2D eigenvalue weighted by Gasteiger charge is 2.22. The molecule has 0 atom stereocenters. The standard InChI is InChI=1S/C23H20BrFN2O2S2/c1-2-3-11-26-31(28,29)18-8-10-21-20(14-18)27-23(15-5-4-6-16(24)12-15)19-9-7-17(25)13-22(19)30-21/h4-10,12-14,26H,2-3,11H2,1H3. The van der Waals surface area contributed by atoms with Crippen molar-refractivity contribution in [2.75, 3.05) is 6.54 Å². The van der Waals surface area contributed by atoms with Gasteiger partial charge in [0.05, 0.1) is 16.3 Å². The molecule has 0 spiro atoms. The second-order valence-electron chi connectivity index (χ2n) is 7.09. The minimum Gasteiger partial charge on any atom is -0.247 e. The Morgan fingerprint density at radius 3 is 2.68 bits per heavy atom. The van der Waals surface area contributed by atoms with Crippen molar-refractivity contribution < 1.29 is 12.8 Å². The highest BCUT2D eigenvalue weighted by Crippen LogP contribution is 2.42. The summed E-state index contributed by atoms with van der Waals surface area (Å²) in [5.41, 5.74) is 2.85. The summed E-state index contributed by atoms with van der Waals surface area (Å²) in [6, 6.07) is 17.2. The minimum absolute atomic E-state index is 0.164. The van der Waals surface area contributed by atoms with Crippen LogP contribution in [-0.4, -0.2) is 20.7 Å². The van der Waals surface area contributed by atoms with Crippen LogP contribution in [0.4, 0.5) is 10.1 Å². The lowest BCUT2D eigenvalue weighted by atomic mass is 10.0. The fourth-order valence-corrected chi connectivity index (χ4v) is 5.76. The molecule has 0 bridgehead atoms. The third kappa shape index (κ3) is 4.92. The number of benzene rings is 3. The Kier molecular flexibility index (Phi) is 6.62. The molecule has 1 heterocycles. The molecule has 3 aromatic rings. The summed E-state index contributed by atoms with van der Waals surface area (Å²) in [7, 11) is -3.64. The Morgan fingerprint density at radius 2 is 1.90 bits per heavy atom. The summed E-state index contributed by atoms with van der Waals surface area (Å²) < 4.78 is 43.0. The minimum atomic E-state index is -3.64. The van der Waals surface area contributed by atoms with Crippen LogP contribution in [-0.2, 0) is 10.0 Å². The summed E-state index contributed by atoms with van der Waals surface area (Å²) in [6.07, 6.45) is 1.67. The first kappa shape index (κ1) is 22.2. The zero-order valence-corrected chi connectivity index (χ0v) is 19.9. The summed E-state index contributed by atoms with van der Waals surface area (Å²) in [6.45, 7) is 2.40. The molecule has 1 aliphatic rings. The van der Waals surface area contributed by atoms with Crippen LogP contribution in [0.5, 0.6) is 0 Å². The number of sulfonamides is 1. The summed E-state index contributed by atoms with van der Waals surface area (Å²) in [4.78, 5) is 6.52. The van der Waals surface area contributed by atoms with Crippen LogP contribution >= 0.6 is 27.7 Å². The van der Waals surface area contributed by atoms with E-state index in [0.29, 0.717) is 17.9 Å². The zero-order valence-electron chi connectivity index (χ0n) is 16.7. The van der Waals surface area contributed by atoms with Gasteiger partial charge in [-0.05, 0) is 55.0 Å². The van der Waals surface area contributed by atoms with Gasteiger partial charge in [-0.1, -0.05) is 53.2 Å². The maximum atomic E-state index is 14.0. The lowest BCUT2D eigenvalue weighted by molar-refractivity contribution is 0.578. The van der Waals surface area contributed by atoms with Crippen molar-refractivity contribution in [2.45, 2.75) is 34.5 Å². The monoisotopic (exact) mass is 518 g/mol. The number of rotatable bonds is 6. The zero-order chi connectivity index (χ0) is 22.0. The van der Waals surface area contributed by atoms with Crippen LogP contribution in [0.1, 0.15) is 30.9 Å². The molecule has 3 aromatic carbocycles. The predicted molar refractivity (Wildman–Crippen MR) is 127 cm³/mol. The van der Waals surface area contributed by atoms with Gasteiger partial charge in [-0.25, -0.2) is 22.5 Å². The van der Waals surface area contributed by atoms with Crippen LogP contribution < -0.4 is 4.72 Å². The molecule has 0 amide bonds. The van der Waals surface area contributed by atoms with Crippen molar-refractivity contribution in [3.05, 3.63) is 82.1 Å². The summed E-state index contributed by atoms with van der Waals surface area (Å²) in [5, 5.41) is 0. The maximum Gasteiger partial charge on any atom is 0.240 e. The molecule has 0 saturated heterocycles. The second-order valence-corrected chi connectivity index (χ2v) is 10.9. The number of fused-ring (bicyclic) bond motifs is 2. The average Bonchev–Trinajstić information content (AvgIpc) is 2.89. The lowest BCUT2D eigenvalue weighted by Gasteiger charge is -2.09. The SMILES string of the molecule is CCCCNS(=O)(=O)c1ccc2c(c1)N=C(c1cccc(Br)c1)c1ccc(F)cc1S2. The third-order valence-electron chi connectivity index (χ3n) is 4.81. The van der Waals surface area contributed by atoms with Crippen molar-refractivity contribution in [1.82, 2.24) is 4.72 Å². The van der Waals surface area contributed by atoms with E-state index in [1.165, 1.54) is 23.9 Å². The second kappa shape index (κ2) is 9.24. The van der Waals surface area contributed by atoms with Gasteiger partial charge in [0, 0.05) is 31.9 Å². The Bertz CT molecular complexity index is 1280. The Hall–Kier alpha value is -2.00. The number of hydrogen-bond donors (Lipinski definition) is 1. The van der Waals surface area contributed by atoms with Gasteiger partial charge in [-0.15, -0.1) is 0 Å². The highest BCUT2D eigenvalue weighted by molar-refractivity contribution is 9.10. The van der Waals surface area contributed by atoms with Crippen LogP contribution in [0.15, 0.2) is 84.8 Å². The quantitative estimate of drug-likeness (QED) is 0.304. The molecule has 0 aliphatic carbocycles. The number of unbranched alkanes of at least 4 members (excludes halogenated alkanes) is 1. The number of halogens is 2. The molecule has 0 saturated carbocycles. The van der Waals surface area contributed by atoms with E-state index in [4.69, 9.17) is 4.99 Å². The van der Waals surface area contributed by atoms with Crippen LogP contribution in [0.25, 0.3) is 0 Å². The van der Waals surface area contributed by atoms with E-state index in [2.05, 4.69) is 20.7 Å². The van der Waals surface area contributed by atoms with E-state index in [-0.39, 0.29) is 10.7 Å². The van der Waals surface area contributed by atoms with E-state index < -0.39 is 10.0 Å². The molecule has 4 nitrogen and oxygen atoms in total. The summed E-state index contributed by atoms with van der Waals surface area (Å²) >= 11 is 4.87. The molecule has 4 rings (SSSR count). The number of nitrogens with one attached hydrogen (secondary N) is 1. The van der Waals surface area contributed by atoms with E-state index in [1.807, 2.05) is 31.2 Å². The molecule has 8 heteroatoms. The fourth-order valence-electron chi connectivity index (χ4n) is 3.24. The van der Waals surface area contributed by atoms with E-state index in [0.717, 1.165) is 38.2 Å². The van der Waals surface area contributed by atoms with Crippen LogP contribution in [0.2, 0.25) is 0 Å². The molecule has 0 radical (unpaired) electrons. The van der Waals surface area contributed by atoms with Gasteiger partial charge < -0.3 is 0 Å². The topological polar surface area (TPSA) is 58.5 Å². The first-order valence-electron chi connectivity index (χ1n) is 9.83. The third-order valence-corrected chi connectivity index (χ3v) is 7.89. The van der Waals surface area contributed by atoms with Crippen LogP contribution in [0.3, 0.4) is 0 Å². The molecular weight excluding hydrogens is 499 g/mol. The van der Waals surface area contributed by atoms with Gasteiger partial charge >= 0.3 is 0 Å². The van der Waals surface area contributed by atoms with Gasteiger partial charge in [0.1, 0.15) is 5.82 Å². The molecule has 0 unspecified atom stereocenters. The normalized spacial score (nSPS) is 13.2.